The van der Waals surface area contributed by atoms with Crippen molar-refractivity contribution in [3.63, 3.8) is 0 Å². The monoisotopic (exact) mass is 338 g/mol. The summed E-state index contributed by atoms with van der Waals surface area (Å²) in [6, 6.07) is 0. The third-order valence-corrected chi connectivity index (χ3v) is 4.48. The topological polar surface area (TPSA) is 9.23 Å². The number of unbranched alkanes of at least 4 members (excludes halogenated alkanes) is 11. The van der Waals surface area contributed by atoms with Crippen LogP contribution >= 0.6 is 23.2 Å². The van der Waals surface area contributed by atoms with E-state index in [2.05, 4.69) is 6.92 Å². The third kappa shape index (κ3) is 16.7. The Labute approximate surface area is 143 Å². The van der Waals surface area contributed by atoms with Crippen molar-refractivity contribution in [3.05, 3.63) is 0 Å². The first-order chi connectivity index (χ1) is 10.3. The second kappa shape index (κ2) is 18.6. The predicted octanol–water partition coefficient (Wildman–Crippen LogP) is 6.94. The number of ether oxygens (including phenoxy) is 1. The molecule has 0 aromatic rings. The number of halogens is 2. The summed E-state index contributed by atoms with van der Waals surface area (Å²) in [5.74, 6) is 1.15. The first-order valence-electron chi connectivity index (χ1n) is 9.08. The van der Waals surface area contributed by atoms with Crippen LogP contribution in [0.3, 0.4) is 0 Å². The zero-order chi connectivity index (χ0) is 15.6. The van der Waals surface area contributed by atoms with Gasteiger partial charge in [0.1, 0.15) is 0 Å². The Bertz CT molecular complexity index is 188. The Morgan fingerprint density at radius 1 is 0.714 bits per heavy atom. The average Bonchev–Trinajstić information content (AvgIpc) is 2.51. The third-order valence-electron chi connectivity index (χ3n) is 3.98. The van der Waals surface area contributed by atoms with Crippen LogP contribution in [-0.2, 0) is 4.74 Å². The van der Waals surface area contributed by atoms with Crippen LogP contribution in [0, 0.1) is 0 Å². The molecule has 0 saturated heterocycles. The van der Waals surface area contributed by atoms with Crippen LogP contribution in [0.5, 0.6) is 0 Å². The van der Waals surface area contributed by atoms with Gasteiger partial charge < -0.3 is 4.74 Å². The van der Waals surface area contributed by atoms with Crippen LogP contribution in [0.4, 0.5) is 0 Å². The van der Waals surface area contributed by atoms with Crippen molar-refractivity contribution < 1.29 is 4.74 Å². The van der Waals surface area contributed by atoms with E-state index in [1.54, 1.807) is 0 Å². The van der Waals surface area contributed by atoms with E-state index in [0.717, 1.165) is 6.42 Å². The lowest BCUT2D eigenvalue weighted by atomic mass is 10.0. The molecule has 0 aromatic carbocycles. The molecule has 0 rings (SSSR count). The fraction of sp³-hybridized carbons (Fsp3) is 1.00. The molecule has 0 aliphatic heterocycles. The smallest absolute Gasteiger partial charge is 0.0710 e. The maximum Gasteiger partial charge on any atom is 0.0710 e. The van der Waals surface area contributed by atoms with Gasteiger partial charge in [0.25, 0.3) is 0 Å². The highest BCUT2D eigenvalue weighted by molar-refractivity contribution is 6.18. The summed E-state index contributed by atoms with van der Waals surface area (Å²) in [6.07, 6.45) is 17.9. The van der Waals surface area contributed by atoms with Crippen molar-refractivity contribution in [2.45, 2.75) is 96.5 Å². The molecule has 1 atom stereocenters. The molecule has 0 aliphatic carbocycles. The summed E-state index contributed by atoms with van der Waals surface area (Å²) in [5, 5.41) is 0. The van der Waals surface area contributed by atoms with E-state index in [4.69, 9.17) is 27.9 Å². The van der Waals surface area contributed by atoms with Crippen molar-refractivity contribution in [2.75, 3.05) is 18.4 Å². The Morgan fingerprint density at radius 2 is 1.19 bits per heavy atom. The van der Waals surface area contributed by atoms with Crippen molar-refractivity contribution in [3.8, 4) is 0 Å². The maximum absolute atomic E-state index is 5.88. The van der Waals surface area contributed by atoms with Crippen LogP contribution in [0.25, 0.3) is 0 Å². The van der Waals surface area contributed by atoms with Crippen LogP contribution < -0.4 is 0 Å². The van der Waals surface area contributed by atoms with E-state index in [0.29, 0.717) is 18.4 Å². The van der Waals surface area contributed by atoms with Gasteiger partial charge in [0.2, 0.25) is 0 Å². The summed E-state index contributed by atoms with van der Waals surface area (Å²) in [5.41, 5.74) is 0. The number of alkyl halides is 2. The Hall–Kier alpha value is 0.540. The van der Waals surface area contributed by atoms with E-state index < -0.39 is 0 Å². The Kier molecular flexibility index (Phi) is 19.1. The van der Waals surface area contributed by atoms with Crippen molar-refractivity contribution in [2.24, 2.45) is 0 Å². The molecular weight excluding hydrogens is 303 g/mol. The van der Waals surface area contributed by atoms with Gasteiger partial charge in [-0.2, -0.15) is 0 Å². The lowest BCUT2D eigenvalue weighted by molar-refractivity contribution is 0.0721. The molecule has 21 heavy (non-hydrogen) atoms. The van der Waals surface area contributed by atoms with E-state index in [1.807, 2.05) is 0 Å². The molecule has 0 bridgehead atoms. The van der Waals surface area contributed by atoms with E-state index in [9.17, 15) is 0 Å². The summed E-state index contributed by atoms with van der Waals surface area (Å²) in [7, 11) is 0. The van der Waals surface area contributed by atoms with Crippen LogP contribution in [0.1, 0.15) is 90.4 Å². The highest BCUT2D eigenvalue weighted by Crippen LogP contribution is 2.14. The molecule has 0 saturated carbocycles. The standard InChI is InChI=1S/C18H36Cl2O/c1-2-3-4-5-6-7-8-9-10-11-12-13-14-18(17-20)21-16-15-19/h18H,2-17H2,1H3. The first-order valence-corrected chi connectivity index (χ1v) is 10.2. The molecule has 0 amide bonds. The fourth-order valence-electron chi connectivity index (χ4n) is 2.63. The molecule has 3 heteroatoms. The number of hydrogen-bond donors (Lipinski definition) is 0. The zero-order valence-corrected chi connectivity index (χ0v) is 15.6. The molecule has 0 N–H and O–H groups in total. The van der Waals surface area contributed by atoms with E-state index >= 15 is 0 Å². The molecule has 0 radical (unpaired) electrons. The van der Waals surface area contributed by atoms with Gasteiger partial charge in [0.15, 0.2) is 0 Å². The van der Waals surface area contributed by atoms with Gasteiger partial charge in [0.05, 0.1) is 12.7 Å². The largest absolute Gasteiger partial charge is 0.376 e. The molecule has 1 nitrogen and oxygen atoms in total. The minimum Gasteiger partial charge on any atom is -0.376 e. The van der Waals surface area contributed by atoms with Crippen LogP contribution in [-0.4, -0.2) is 24.5 Å². The van der Waals surface area contributed by atoms with Gasteiger partial charge in [-0.25, -0.2) is 0 Å². The van der Waals surface area contributed by atoms with Gasteiger partial charge in [0, 0.05) is 11.8 Å². The molecule has 0 fully saturated rings. The number of rotatable bonds is 17. The van der Waals surface area contributed by atoms with Gasteiger partial charge in [-0.15, -0.1) is 23.2 Å². The summed E-state index contributed by atoms with van der Waals surface area (Å²) < 4.78 is 5.58. The Balaban J connectivity index is 3.14. The molecule has 0 spiro atoms. The van der Waals surface area contributed by atoms with Crippen molar-refractivity contribution in [1.29, 1.82) is 0 Å². The molecule has 0 heterocycles. The summed E-state index contributed by atoms with van der Waals surface area (Å²) >= 11 is 11.5. The molecule has 1 unspecified atom stereocenters. The zero-order valence-electron chi connectivity index (χ0n) is 14.1. The maximum atomic E-state index is 5.88. The second-order valence-corrected chi connectivity index (χ2v) is 6.70. The normalized spacial score (nSPS) is 12.7. The Morgan fingerprint density at radius 3 is 1.62 bits per heavy atom. The summed E-state index contributed by atoms with van der Waals surface area (Å²) in [4.78, 5) is 0. The predicted molar refractivity (Wildman–Crippen MR) is 96.9 cm³/mol. The van der Waals surface area contributed by atoms with Crippen molar-refractivity contribution in [1.82, 2.24) is 0 Å². The first kappa shape index (κ1) is 21.5. The SMILES string of the molecule is CCCCCCCCCCCCCCC(CCl)OCCCl. The van der Waals surface area contributed by atoms with Gasteiger partial charge in [-0.1, -0.05) is 84.0 Å². The van der Waals surface area contributed by atoms with Gasteiger partial charge >= 0.3 is 0 Å². The minimum absolute atomic E-state index is 0.202. The molecule has 0 aliphatic rings. The number of hydrogen-bond acceptors (Lipinski definition) is 1. The fourth-order valence-corrected chi connectivity index (χ4v) is 2.96. The lowest BCUT2D eigenvalue weighted by Gasteiger charge is -2.13. The molecule has 0 aromatic heterocycles. The van der Waals surface area contributed by atoms with E-state index in [1.165, 1.54) is 77.0 Å². The van der Waals surface area contributed by atoms with Crippen LogP contribution in [0.2, 0.25) is 0 Å². The summed E-state index contributed by atoms with van der Waals surface area (Å²) in [6.45, 7) is 2.90. The van der Waals surface area contributed by atoms with E-state index in [-0.39, 0.29) is 6.10 Å². The lowest BCUT2D eigenvalue weighted by Crippen LogP contribution is -2.16. The second-order valence-electron chi connectivity index (χ2n) is 6.01. The van der Waals surface area contributed by atoms with Crippen molar-refractivity contribution >= 4 is 23.2 Å². The highest BCUT2D eigenvalue weighted by Gasteiger charge is 2.06. The van der Waals surface area contributed by atoms with Crippen LogP contribution in [0.15, 0.2) is 0 Å². The molecular formula is C18H36Cl2O. The van der Waals surface area contributed by atoms with Gasteiger partial charge in [-0.05, 0) is 6.42 Å². The van der Waals surface area contributed by atoms with Gasteiger partial charge in [-0.3, -0.25) is 0 Å². The quantitative estimate of drug-likeness (QED) is 0.206. The molecule has 128 valence electrons. The minimum atomic E-state index is 0.202. The highest BCUT2D eigenvalue weighted by atomic mass is 35.5. The average molecular weight is 339 g/mol.